The van der Waals surface area contributed by atoms with Crippen LogP contribution >= 0.6 is 0 Å². The summed E-state index contributed by atoms with van der Waals surface area (Å²) in [5.41, 5.74) is 0. The van der Waals surface area contributed by atoms with Crippen molar-refractivity contribution in [2.24, 2.45) is 4.99 Å². The Bertz CT molecular complexity index is 464. The van der Waals surface area contributed by atoms with Crippen LogP contribution in [-0.2, 0) is 9.53 Å². The molecule has 1 unspecified atom stereocenters. The zero-order chi connectivity index (χ0) is 17.5. The lowest BCUT2D eigenvalue weighted by Gasteiger charge is -2.32. The van der Waals surface area contributed by atoms with Crippen molar-refractivity contribution in [1.82, 2.24) is 20.0 Å². The van der Waals surface area contributed by atoms with Crippen molar-refractivity contribution in [1.29, 1.82) is 0 Å². The molecule has 0 bridgehead atoms. The van der Waals surface area contributed by atoms with E-state index in [2.05, 4.69) is 22.0 Å². The molecule has 1 amide bonds. The Morgan fingerprint density at radius 1 is 1.28 bits per heavy atom. The van der Waals surface area contributed by atoms with E-state index in [1.165, 1.54) is 6.42 Å². The summed E-state index contributed by atoms with van der Waals surface area (Å²) in [7, 11) is 0. The number of morpholine rings is 1. The predicted molar refractivity (Wildman–Crippen MR) is 98.8 cm³/mol. The maximum Gasteiger partial charge on any atom is 0.222 e. The molecule has 0 aliphatic carbocycles. The molecule has 0 aromatic carbocycles. The van der Waals surface area contributed by atoms with Gasteiger partial charge in [0.25, 0.3) is 0 Å². The van der Waals surface area contributed by atoms with Crippen LogP contribution in [0.5, 0.6) is 0 Å². The van der Waals surface area contributed by atoms with Crippen molar-refractivity contribution in [3.05, 3.63) is 0 Å². The van der Waals surface area contributed by atoms with Crippen molar-refractivity contribution in [2.45, 2.75) is 38.6 Å². The predicted octanol–water partition coefficient (Wildman–Crippen LogP) is 0.371. The number of ether oxygens (including phenoxy) is 1. The van der Waals surface area contributed by atoms with Gasteiger partial charge in [-0.3, -0.25) is 14.7 Å². The van der Waals surface area contributed by atoms with Gasteiger partial charge < -0.3 is 19.9 Å². The van der Waals surface area contributed by atoms with Crippen molar-refractivity contribution in [3.8, 4) is 0 Å². The third kappa shape index (κ3) is 5.07. The van der Waals surface area contributed by atoms with Crippen LogP contribution < -0.4 is 5.32 Å². The molecule has 0 saturated carbocycles. The molecule has 0 spiro atoms. The molecule has 3 fully saturated rings. The quantitative estimate of drug-likeness (QED) is 0.426. The van der Waals surface area contributed by atoms with Gasteiger partial charge in [-0.1, -0.05) is 0 Å². The molecular weight excluding hydrogens is 318 g/mol. The first kappa shape index (κ1) is 18.5. The summed E-state index contributed by atoms with van der Waals surface area (Å²) >= 11 is 0. The van der Waals surface area contributed by atoms with Crippen molar-refractivity contribution in [2.75, 3.05) is 65.6 Å². The molecule has 3 rings (SSSR count). The lowest BCUT2D eigenvalue weighted by molar-refractivity contribution is -0.127. The highest BCUT2D eigenvalue weighted by Crippen LogP contribution is 2.17. The number of rotatable bonds is 6. The van der Waals surface area contributed by atoms with Crippen LogP contribution in [0.15, 0.2) is 4.99 Å². The number of aliphatic imine (C=N–C) groups is 1. The van der Waals surface area contributed by atoms with E-state index in [0.29, 0.717) is 11.9 Å². The lowest BCUT2D eigenvalue weighted by Crippen LogP contribution is -2.46. The van der Waals surface area contributed by atoms with Gasteiger partial charge in [0.15, 0.2) is 5.96 Å². The summed E-state index contributed by atoms with van der Waals surface area (Å²) < 4.78 is 5.47. The van der Waals surface area contributed by atoms with Gasteiger partial charge in [0, 0.05) is 64.8 Å². The summed E-state index contributed by atoms with van der Waals surface area (Å²) in [6.45, 7) is 11.5. The van der Waals surface area contributed by atoms with Crippen LogP contribution in [0.3, 0.4) is 0 Å². The van der Waals surface area contributed by atoms with Crippen LogP contribution in [0.25, 0.3) is 0 Å². The third-order valence-electron chi connectivity index (χ3n) is 5.38. The van der Waals surface area contributed by atoms with Gasteiger partial charge in [-0.2, -0.15) is 0 Å². The van der Waals surface area contributed by atoms with E-state index in [-0.39, 0.29) is 0 Å². The second-order valence-electron chi connectivity index (χ2n) is 7.11. The van der Waals surface area contributed by atoms with E-state index in [0.717, 1.165) is 90.8 Å². The molecule has 142 valence electrons. The van der Waals surface area contributed by atoms with Crippen LogP contribution in [0, 0.1) is 0 Å². The Labute approximate surface area is 151 Å². The maximum absolute atomic E-state index is 11.7. The summed E-state index contributed by atoms with van der Waals surface area (Å²) in [5.74, 6) is 1.34. The molecule has 3 aliphatic heterocycles. The molecule has 1 N–H and O–H groups in total. The molecule has 3 heterocycles. The topological polar surface area (TPSA) is 60.4 Å². The molecule has 3 aliphatic rings. The number of hydrogen-bond acceptors (Lipinski definition) is 4. The van der Waals surface area contributed by atoms with Gasteiger partial charge in [-0.25, -0.2) is 0 Å². The highest BCUT2D eigenvalue weighted by molar-refractivity contribution is 5.80. The van der Waals surface area contributed by atoms with Crippen molar-refractivity contribution < 1.29 is 9.53 Å². The minimum Gasteiger partial charge on any atom is -0.379 e. The van der Waals surface area contributed by atoms with Crippen molar-refractivity contribution >= 4 is 11.9 Å². The smallest absolute Gasteiger partial charge is 0.222 e. The fourth-order valence-corrected chi connectivity index (χ4v) is 3.99. The molecule has 3 saturated heterocycles. The van der Waals surface area contributed by atoms with Crippen LogP contribution in [0.2, 0.25) is 0 Å². The van der Waals surface area contributed by atoms with Gasteiger partial charge in [0.05, 0.1) is 13.2 Å². The fraction of sp³-hybridized carbons (Fsp3) is 0.889. The minimum atomic E-state index is 0.309. The second kappa shape index (κ2) is 9.38. The number of amides is 1. The minimum absolute atomic E-state index is 0.309. The maximum atomic E-state index is 11.7. The van der Waals surface area contributed by atoms with Crippen LogP contribution in [0.1, 0.15) is 32.6 Å². The Hall–Kier alpha value is -1.34. The Kier molecular flexibility index (Phi) is 6.93. The van der Waals surface area contributed by atoms with Gasteiger partial charge >= 0.3 is 0 Å². The highest BCUT2D eigenvalue weighted by Gasteiger charge is 2.30. The number of nitrogens with one attached hydrogen (secondary N) is 1. The van der Waals surface area contributed by atoms with Crippen molar-refractivity contribution in [3.63, 3.8) is 0 Å². The van der Waals surface area contributed by atoms with E-state index in [4.69, 9.17) is 9.73 Å². The molecule has 7 heteroatoms. The lowest BCUT2D eigenvalue weighted by atomic mass is 10.2. The van der Waals surface area contributed by atoms with E-state index in [9.17, 15) is 4.79 Å². The number of guanidine groups is 1. The van der Waals surface area contributed by atoms with Crippen LogP contribution in [-0.4, -0.2) is 98.2 Å². The van der Waals surface area contributed by atoms with E-state index < -0.39 is 0 Å². The van der Waals surface area contributed by atoms with Gasteiger partial charge in [-0.05, 0) is 26.2 Å². The standard InChI is InChI=1S/C18H33N5O2/c1-2-19-18(20-7-4-9-22-8-3-5-17(22)24)23-10-6-16(15-23)21-11-13-25-14-12-21/h16H,2-15H2,1H3,(H,19,20). The SMILES string of the molecule is CCNC(=NCCCN1CCCC1=O)N1CCC(N2CCOCC2)C1. The number of likely N-dealkylation sites (tertiary alicyclic amines) is 2. The highest BCUT2D eigenvalue weighted by atomic mass is 16.5. The number of carbonyl (C=O) groups excluding carboxylic acids is 1. The fourth-order valence-electron chi connectivity index (χ4n) is 3.99. The largest absolute Gasteiger partial charge is 0.379 e. The number of hydrogen-bond donors (Lipinski definition) is 1. The third-order valence-corrected chi connectivity index (χ3v) is 5.38. The van der Waals surface area contributed by atoms with E-state index in [1.54, 1.807) is 0 Å². The average Bonchev–Trinajstić information content (AvgIpc) is 3.28. The van der Waals surface area contributed by atoms with Gasteiger partial charge in [0.1, 0.15) is 0 Å². The monoisotopic (exact) mass is 351 g/mol. The molecule has 0 aromatic rings. The van der Waals surface area contributed by atoms with Crippen LogP contribution in [0.4, 0.5) is 0 Å². The Morgan fingerprint density at radius 3 is 2.84 bits per heavy atom. The van der Waals surface area contributed by atoms with Gasteiger partial charge in [-0.15, -0.1) is 0 Å². The van der Waals surface area contributed by atoms with Gasteiger partial charge in [0.2, 0.25) is 5.91 Å². The first-order valence-corrected chi connectivity index (χ1v) is 9.90. The molecule has 7 nitrogen and oxygen atoms in total. The molecular formula is C18H33N5O2. The zero-order valence-electron chi connectivity index (χ0n) is 15.6. The normalized spacial score (nSPS) is 25.9. The Morgan fingerprint density at radius 2 is 2.12 bits per heavy atom. The second-order valence-corrected chi connectivity index (χ2v) is 7.11. The molecule has 0 aromatic heterocycles. The summed E-state index contributed by atoms with van der Waals surface area (Å²) in [6.07, 6.45) is 3.89. The van der Waals surface area contributed by atoms with E-state index in [1.807, 2.05) is 4.90 Å². The first-order valence-electron chi connectivity index (χ1n) is 9.90. The van der Waals surface area contributed by atoms with E-state index >= 15 is 0 Å². The summed E-state index contributed by atoms with van der Waals surface area (Å²) in [6, 6.07) is 0.620. The Balaban J connectivity index is 1.45. The average molecular weight is 351 g/mol. The number of carbonyl (C=O) groups is 1. The summed E-state index contributed by atoms with van der Waals surface area (Å²) in [4.78, 5) is 23.4. The molecule has 1 atom stereocenters. The first-order chi connectivity index (χ1) is 12.3. The number of nitrogens with zero attached hydrogens (tertiary/aromatic N) is 4. The summed E-state index contributed by atoms with van der Waals surface area (Å²) in [5, 5.41) is 3.44. The zero-order valence-corrected chi connectivity index (χ0v) is 15.6. The molecule has 25 heavy (non-hydrogen) atoms. The molecule has 0 radical (unpaired) electrons.